The Kier molecular flexibility index (Phi) is 5.74. The Morgan fingerprint density at radius 3 is 1.58 bits per heavy atom. The molecular weight excluding hydrogens is 723 g/mol. The number of fused-ring (bicyclic) bond motifs is 17. The molecule has 0 unspecified atom stereocenters. The molecule has 9 aromatic carbocycles. The van der Waals surface area contributed by atoms with Crippen molar-refractivity contribution in [2.24, 2.45) is 0 Å². The van der Waals surface area contributed by atoms with E-state index in [9.17, 15) is 0 Å². The lowest BCUT2D eigenvalue weighted by Gasteiger charge is -2.27. The molecule has 0 atom stereocenters. The van der Waals surface area contributed by atoms with Crippen molar-refractivity contribution < 1.29 is 0 Å². The summed E-state index contributed by atoms with van der Waals surface area (Å²) in [6.07, 6.45) is 0. The molecule has 0 saturated heterocycles. The number of hydrogen-bond donors (Lipinski definition) is 0. The minimum Gasteiger partial charge on any atom is -0.308 e. The van der Waals surface area contributed by atoms with Gasteiger partial charge in [-0.3, -0.25) is 0 Å². The highest BCUT2D eigenvalue weighted by Gasteiger charge is 2.54. The average Bonchev–Trinajstić information content (AvgIpc) is 4.00. The summed E-state index contributed by atoms with van der Waals surface area (Å²) in [5, 5.41) is 16.5. The van der Waals surface area contributed by atoms with Crippen molar-refractivity contribution in [3.8, 4) is 33.4 Å². The molecule has 262 valence electrons. The van der Waals surface area contributed by atoms with Gasteiger partial charge in [0.05, 0.1) is 16.6 Å². The maximum Gasteiger partial charge on any atom is 0.182 e. The molecular formula is C54H31NSSi. The molecule has 0 N–H and O–H groups in total. The van der Waals surface area contributed by atoms with E-state index in [1.54, 1.807) is 0 Å². The summed E-state index contributed by atoms with van der Waals surface area (Å²) in [5.41, 5.74) is 11.9. The second-order valence-electron chi connectivity index (χ2n) is 15.9. The van der Waals surface area contributed by atoms with Gasteiger partial charge in [-0.15, -0.1) is 11.3 Å². The van der Waals surface area contributed by atoms with Crippen LogP contribution in [-0.4, -0.2) is 12.5 Å². The lowest BCUT2D eigenvalue weighted by atomic mass is 9.93. The number of aromatic nitrogens is 1. The fourth-order valence-corrected chi connectivity index (χ4v) is 18.1. The van der Waals surface area contributed by atoms with Crippen LogP contribution in [0.5, 0.6) is 0 Å². The van der Waals surface area contributed by atoms with Gasteiger partial charge in [0, 0.05) is 41.7 Å². The van der Waals surface area contributed by atoms with E-state index in [0.29, 0.717) is 0 Å². The summed E-state index contributed by atoms with van der Waals surface area (Å²) in [5.74, 6) is 0. The second kappa shape index (κ2) is 10.7. The number of para-hydroxylation sites is 2. The highest BCUT2D eigenvalue weighted by atomic mass is 32.1. The molecule has 0 aliphatic carbocycles. The first-order valence-corrected chi connectivity index (χ1v) is 22.7. The normalized spacial score (nSPS) is 13.8. The number of benzene rings is 9. The van der Waals surface area contributed by atoms with Gasteiger partial charge >= 0.3 is 0 Å². The van der Waals surface area contributed by atoms with E-state index >= 15 is 0 Å². The zero-order chi connectivity index (χ0) is 37.0. The molecule has 0 amide bonds. The van der Waals surface area contributed by atoms with Crippen LogP contribution in [0.25, 0.3) is 102 Å². The summed E-state index contributed by atoms with van der Waals surface area (Å²) >= 11 is 1.91. The predicted molar refractivity (Wildman–Crippen MR) is 247 cm³/mol. The third-order valence-electron chi connectivity index (χ3n) is 13.4. The number of nitrogens with zero attached hydrogens (tertiary/aromatic N) is 1. The van der Waals surface area contributed by atoms with E-state index < -0.39 is 8.07 Å². The third kappa shape index (κ3) is 3.62. The van der Waals surface area contributed by atoms with E-state index in [2.05, 4.69) is 192 Å². The lowest BCUT2D eigenvalue weighted by Crippen LogP contribution is -2.70. The molecule has 0 bridgehead atoms. The molecule has 0 fully saturated rings. The fourth-order valence-electron chi connectivity index (χ4n) is 11.3. The molecule has 3 aromatic heterocycles. The van der Waals surface area contributed by atoms with Gasteiger partial charge in [0.1, 0.15) is 0 Å². The van der Waals surface area contributed by atoms with Crippen molar-refractivity contribution in [1.29, 1.82) is 0 Å². The van der Waals surface area contributed by atoms with E-state index in [-0.39, 0.29) is 0 Å². The van der Waals surface area contributed by atoms with Crippen molar-refractivity contribution in [2.75, 3.05) is 0 Å². The van der Waals surface area contributed by atoms with Crippen LogP contribution in [0.1, 0.15) is 0 Å². The van der Waals surface area contributed by atoms with Crippen molar-refractivity contribution in [3.63, 3.8) is 0 Å². The summed E-state index contributed by atoms with van der Waals surface area (Å²) < 4.78 is 5.23. The van der Waals surface area contributed by atoms with Gasteiger partial charge in [0.2, 0.25) is 0 Å². The smallest absolute Gasteiger partial charge is 0.182 e. The standard InChI is InChI=1S/C54H31NSSi/c1-5-22-43-34(13-1)37-18-10-23-45-52(37)53-38(19-11-24-46(53)56-45)39-20-9-21-40-42-31-32(29-30-44(42)55(43)54(39)40)33-17-12-28-50-51(33)41-16-4-8-27-49(41)57(50)47-25-6-2-14-35(47)36-15-3-7-26-48(36)57/h1-31H. The lowest BCUT2D eigenvalue weighted by molar-refractivity contribution is 1.35. The Balaban J connectivity index is 1.12. The number of rotatable bonds is 1. The summed E-state index contributed by atoms with van der Waals surface area (Å²) in [6, 6.07) is 71.9. The van der Waals surface area contributed by atoms with Crippen LogP contribution in [0.3, 0.4) is 0 Å². The Morgan fingerprint density at radius 1 is 0.351 bits per heavy atom. The molecule has 2 aliphatic rings. The van der Waals surface area contributed by atoms with Crippen LogP contribution >= 0.6 is 11.3 Å². The first-order valence-electron chi connectivity index (χ1n) is 19.9. The highest BCUT2D eigenvalue weighted by Crippen LogP contribution is 2.46. The number of hydrogen-bond acceptors (Lipinski definition) is 1. The molecule has 5 heterocycles. The minimum absolute atomic E-state index is 1.22. The molecule has 3 heteroatoms. The molecule has 2 aliphatic heterocycles. The van der Waals surface area contributed by atoms with Gasteiger partial charge in [-0.1, -0.05) is 158 Å². The molecule has 0 saturated carbocycles. The van der Waals surface area contributed by atoms with Gasteiger partial charge in [-0.2, -0.15) is 0 Å². The molecule has 1 spiro atoms. The summed E-state index contributed by atoms with van der Waals surface area (Å²) in [7, 11) is -2.54. The van der Waals surface area contributed by atoms with E-state index in [1.165, 1.54) is 123 Å². The van der Waals surface area contributed by atoms with Crippen molar-refractivity contribution in [2.45, 2.75) is 0 Å². The van der Waals surface area contributed by atoms with Gasteiger partial charge in [-0.25, -0.2) is 0 Å². The summed E-state index contributed by atoms with van der Waals surface area (Å²) in [6.45, 7) is 0. The van der Waals surface area contributed by atoms with Crippen molar-refractivity contribution in [1.82, 2.24) is 4.40 Å². The molecule has 1 nitrogen and oxygen atoms in total. The largest absolute Gasteiger partial charge is 0.308 e. The Morgan fingerprint density at radius 2 is 0.842 bits per heavy atom. The maximum absolute atomic E-state index is 2.56. The highest BCUT2D eigenvalue weighted by molar-refractivity contribution is 7.26. The first kappa shape index (κ1) is 30.4. The monoisotopic (exact) mass is 753 g/mol. The van der Waals surface area contributed by atoms with Crippen LogP contribution in [0, 0.1) is 0 Å². The third-order valence-corrected chi connectivity index (χ3v) is 19.4. The van der Waals surface area contributed by atoms with E-state index in [4.69, 9.17) is 0 Å². The van der Waals surface area contributed by atoms with Crippen LogP contribution in [0.15, 0.2) is 188 Å². The number of thiophene rings is 1. The second-order valence-corrected chi connectivity index (χ2v) is 20.6. The SMILES string of the molecule is c1ccc2c(c1)-c1ccccc1[Si]21c2ccccc2-c2c(-c3ccc4c(c3)c3cccc5c6cccc7sc8cccc(c9ccccc9n4c53)c8c76)cccc21. The van der Waals surface area contributed by atoms with Gasteiger partial charge in [0.25, 0.3) is 0 Å². The summed E-state index contributed by atoms with van der Waals surface area (Å²) in [4.78, 5) is 0. The zero-order valence-corrected chi connectivity index (χ0v) is 32.6. The molecule has 14 rings (SSSR count). The quantitative estimate of drug-likeness (QED) is 0.147. The van der Waals surface area contributed by atoms with Crippen molar-refractivity contribution in [3.05, 3.63) is 188 Å². The van der Waals surface area contributed by atoms with Gasteiger partial charge < -0.3 is 4.40 Å². The zero-order valence-electron chi connectivity index (χ0n) is 30.8. The average molecular weight is 754 g/mol. The van der Waals surface area contributed by atoms with Gasteiger partial charge in [-0.05, 0) is 95.2 Å². The molecule has 12 aromatic rings. The molecule has 57 heavy (non-hydrogen) atoms. The Bertz CT molecular complexity index is 3730. The van der Waals surface area contributed by atoms with E-state index in [0.717, 1.165) is 0 Å². The maximum atomic E-state index is 2.56. The predicted octanol–water partition coefficient (Wildman–Crippen LogP) is 11.9. The van der Waals surface area contributed by atoms with Crippen LogP contribution in [-0.2, 0) is 0 Å². The minimum atomic E-state index is -2.54. The Labute approximate surface area is 333 Å². The molecule has 0 radical (unpaired) electrons. The van der Waals surface area contributed by atoms with Crippen LogP contribution in [0.2, 0.25) is 0 Å². The van der Waals surface area contributed by atoms with Gasteiger partial charge in [0.15, 0.2) is 8.07 Å². The van der Waals surface area contributed by atoms with Crippen LogP contribution in [0.4, 0.5) is 0 Å². The van der Waals surface area contributed by atoms with E-state index in [1.807, 2.05) is 11.3 Å². The van der Waals surface area contributed by atoms with Crippen molar-refractivity contribution >= 4 is 109 Å². The fraction of sp³-hybridized carbons (Fsp3) is 0. The Hall–Kier alpha value is -6.78. The topological polar surface area (TPSA) is 4.41 Å². The van der Waals surface area contributed by atoms with Crippen LogP contribution < -0.4 is 20.7 Å². The first-order chi connectivity index (χ1) is 28.3.